The Kier molecular flexibility index (Phi) is 4.20. The van der Waals surface area contributed by atoms with E-state index in [1.54, 1.807) is 0 Å². The molecule has 0 spiro atoms. The van der Waals surface area contributed by atoms with Crippen molar-refractivity contribution < 1.29 is 0 Å². The number of piperidine rings is 1. The summed E-state index contributed by atoms with van der Waals surface area (Å²) < 4.78 is 0. The normalized spacial score (nSPS) is 26.4. The molecule has 2 unspecified atom stereocenters. The molecule has 0 saturated carbocycles. The summed E-state index contributed by atoms with van der Waals surface area (Å²) in [6.45, 7) is 4.22. The zero-order valence-corrected chi connectivity index (χ0v) is 12.5. The molecule has 1 aliphatic heterocycles. The molecule has 2 atom stereocenters. The van der Waals surface area contributed by atoms with Gasteiger partial charge in [0, 0.05) is 31.0 Å². The number of hydrogen-bond donors (Lipinski definition) is 1. The van der Waals surface area contributed by atoms with Crippen molar-refractivity contribution in [3.63, 3.8) is 0 Å². The van der Waals surface area contributed by atoms with Gasteiger partial charge in [-0.05, 0) is 43.6 Å². The summed E-state index contributed by atoms with van der Waals surface area (Å²) >= 11 is 0. The number of hydrogen-bond acceptors (Lipinski definition) is 4. The van der Waals surface area contributed by atoms with E-state index in [-0.39, 0.29) is 6.04 Å². The first-order valence-corrected chi connectivity index (χ1v) is 8.11. The highest BCUT2D eigenvalue weighted by molar-refractivity contribution is 5.35. The largest absolute Gasteiger partial charge is 0.339 e. The smallest absolute Gasteiger partial charge is 0.225 e. The molecule has 2 N–H and O–H groups in total. The highest BCUT2D eigenvalue weighted by Gasteiger charge is 2.23. The molecule has 1 aromatic heterocycles. The van der Waals surface area contributed by atoms with Crippen molar-refractivity contribution >= 4 is 5.95 Å². The van der Waals surface area contributed by atoms with Gasteiger partial charge in [0.2, 0.25) is 5.95 Å². The van der Waals surface area contributed by atoms with Crippen molar-refractivity contribution in [3.05, 3.63) is 17.5 Å². The van der Waals surface area contributed by atoms with E-state index < -0.39 is 0 Å². The predicted octanol–water partition coefficient (Wildman–Crippen LogP) is 2.31. The Bertz CT molecular complexity index is 460. The van der Waals surface area contributed by atoms with Crippen LogP contribution in [0.4, 0.5) is 5.95 Å². The molecule has 1 aromatic rings. The van der Waals surface area contributed by atoms with E-state index >= 15 is 0 Å². The number of anilines is 1. The van der Waals surface area contributed by atoms with Crippen molar-refractivity contribution in [3.8, 4) is 0 Å². The van der Waals surface area contributed by atoms with Crippen LogP contribution < -0.4 is 10.6 Å². The molecule has 4 heteroatoms. The first-order valence-electron chi connectivity index (χ1n) is 8.11. The van der Waals surface area contributed by atoms with Gasteiger partial charge in [-0.1, -0.05) is 19.8 Å². The third kappa shape index (κ3) is 2.95. The van der Waals surface area contributed by atoms with Crippen molar-refractivity contribution in [2.75, 3.05) is 18.0 Å². The summed E-state index contributed by atoms with van der Waals surface area (Å²) in [6, 6.07) is 0.275. The van der Waals surface area contributed by atoms with Crippen molar-refractivity contribution in [1.29, 1.82) is 0 Å². The van der Waals surface area contributed by atoms with Gasteiger partial charge in [0.25, 0.3) is 0 Å². The second kappa shape index (κ2) is 6.08. The highest BCUT2D eigenvalue weighted by Crippen LogP contribution is 2.28. The number of aryl methyl sites for hydroxylation is 1. The van der Waals surface area contributed by atoms with Gasteiger partial charge < -0.3 is 10.6 Å². The molecule has 1 fully saturated rings. The van der Waals surface area contributed by atoms with Gasteiger partial charge in [-0.2, -0.15) is 0 Å². The number of aromatic nitrogens is 2. The number of nitrogens with two attached hydrogens (primary N) is 1. The lowest BCUT2D eigenvalue weighted by atomic mass is 9.85. The van der Waals surface area contributed by atoms with Crippen LogP contribution in [-0.2, 0) is 12.8 Å². The van der Waals surface area contributed by atoms with Crippen molar-refractivity contribution in [2.24, 2.45) is 11.7 Å². The average molecular weight is 274 g/mol. The standard InChI is InChI=1S/C16H26N4/c1-2-4-12-6-7-15-13(9-12)10-18-16(19-15)20-8-3-5-14(17)11-20/h10,12,14H,2-9,11,17H2,1H3. The van der Waals surface area contributed by atoms with Gasteiger partial charge >= 0.3 is 0 Å². The first kappa shape index (κ1) is 13.8. The molecular formula is C16H26N4. The van der Waals surface area contributed by atoms with Gasteiger partial charge in [0.05, 0.1) is 0 Å². The lowest BCUT2D eigenvalue weighted by molar-refractivity contribution is 0.416. The Morgan fingerprint density at radius 3 is 3.10 bits per heavy atom. The van der Waals surface area contributed by atoms with E-state index in [1.807, 2.05) is 0 Å². The maximum atomic E-state index is 6.05. The monoisotopic (exact) mass is 274 g/mol. The maximum absolute atomic E-state index is 6.05. The highest BCUT2D eigenvalue weighted by atomic mass is 15.3. The lowest BCUT2D eigenvalue weighted by Gasteiger charge is -2.32. The number of fused-ring (bicyclic) bond motifs is 1. The zero-order chi connectivity index (χ0) is 13.9. The fraction of sp³-hybridized carbons (Fsp3) is 0.750. The Hall–Kier alpha value is -1.16. The predicted molar refractivity (Wildman–Crippen MR) is 81.9 cm³/mol. The van der Waals surface area contributed by atoms with Gasteiger partial charge in [0.15, 0.2) is 0 Å². The fourth-order valence-electron chi connectivity index (χ4n) is 3.57. The van der Waals surface area contributed by atoms with Crippen LogP contribution in [0.3, 0.4) is 0 Å². The molecule has 110 valence electrons. The van der Waals surface area contributed by atoms with E-state index in [0.29, 0.717) is 0 Å². The maximum Gasteiger partial charge on any atom is 0.225 e. The first-order chi connectivity index (χ1) is 9.76. The zero-order valence-electron chi connectivity index (χ0n) is 12.5. The topological polar surface area (TPSA) is 55.0 Å². The van der Waals surface area contributed by atoms with Crippen molar-refractivity contribution in [2.45, 2.75) is 57.9 Å². The van der Waals surface area contributed by atoms with E-state index in [4.69, 9.17) is 10.7 Å². The minimum absolute atomic E-state index is 0.275. The summed E-state index contributed by atoms with van der Waals surface area (Å²) in [5, 5.41) is 0. The van der Waals surface area contributed by atoms with E-state index in [1.165, 1.54) is 36.9 Å². The summed E-state index contributed by atoms with van der Waals surface area (Å²) in [6.07, 6.45) is 10.5. The Labute approximate surface area is 121 Å². The minimum Gasteiger partial charge on any atom is -0.339 e. The Morgan fingerprint density at radius 2 is 2.30 bits per heavy atom. The molecule has 4 nitrogen and oxygen atoms in total. The van der Waals surface area contributed by atoms with Crippen LogP contribution >= 0.6 is 0 Å². The summed E-state index contributed by atoms with van der Waals surface area (Å²) in [5.74, 6) is 1.73. The lowest BCUT2D eigenvalue weighted by Crippen LogP contribution is -2.43. The Balaban J connectivity index is 1.73. The van der Waals surface area contributed by atoms with Crippen LogP contribution in [-0.4, -0.2) is 29.1 Å². The third-order valence-electron chi connectivity index (χ3n) is 4.68. The summed E-state index contributed by atoms with van der Waals surface area (Å²) in [4.78, 5) is 11.7. The molecule has 3 rings (SSSR count). The molecule has 0 amide bonds. The van der Waals surface area contributed by atoms with Crippen LogP contribution in [0, 0.1) is 5.92 Å². The molecule has 0 radical (unpaired) electrons. The van der Waals surface area contributed by atoms with E-state index in [0.717, 1.165) is 44.2 Å². The third-order valence-corrected chi connectivity index (χ3v) is 4.68. The molecule has 2 heterocycles. The summed E-state index contributed by atoms with van der Waals surface area (Å²) in [5.41, 5.74) is 8.71. The van der Waals surface area contributed by atoms with Gasteiger partial charge in [0.1, 0.15) is 0 Å². The van der Waals surface area contributed by atoms with Crippen LogP contribution in [0.15, 0.2) is 6.20 Å². The average Bonchev–Trinajstić information content (AvgIpc) is 2.47. The molecule has 0 aromatic carbocycles. The van der Waals surface area contributed by atoms with Crippen LogP contribution in [0.25, 0.3) is 0 Å². The molecule has 0 bridgehead atoms. The number of nitrogens with zero attached hydrogens (tertiary/aromatic N) is 3. The molecule has 1 saturated heterocycles. The van der Waals surface area contributed by atoms with Crippen molar-refractivity contribution in [1.82, 2.24) is 9.97 Å². The van der Waals surface area contributed by atoms with Crippen LogP contribution in [0.2, 0.25) is 0 Å². The van der Waals surface area contributed by atoms with Gasteiger partial charge in [-0.15, -0.1) is 0 Å². The molecule has 1 aliphatic carbocycles. The second-order valence-electron chi connectivity index (χ2n) is 6.39. The quantitative estimate of drug-likeness (QED) is 0.919. The van der Waals surface area contributed by atoms with Crippen LogP contribution in [0.1, 0.15) is 50.3 Å². The van der Waals surface area contributed by atoms with E-state index in [2.05, 4.69) is 23.0 Å². The summed E-state index contributed by atoms with van der Waals surface area (Å²) in [7, 11) is 0. The SMILES string of the molecule is CCCC1CCc2nc(N3CCCC(N)C3)ncc2C1. The van der Waals surface area contributed by atoms with Crippen LogP contribution in [0.5, 0.6) is 0 Å². The Morgan fingerprint density at radius 1 is 1.40 bits per heavy atom. The number of rotatable bonds is 3. The van der Waals surface area contributed by atoms with Gasteiger partial charge in [-0.3, -0.25) is 0 Å². The molecular weight excluding hydrogens is 248 g/mol. The molecule has 20 heavy (non-hydrogen) atoms. The van der Waals surface area contributed by atoms with Gasteiger partial charge in [-0.25, -0.2) is 9.97 Å². The fourth-order valence-corrected chi connectivity index (χ4v) is 3.57. The second-order valence-corrected chi connectivity index (χ2v) is 6.39. The van der Waals surface area contributed by atoms with E-state index in [9.17, 15) is 0 Å². The minimum atomic E-state index is 0.275. The molecule has 2 aliphatic rings.